The van der Waals surface area contributed by atoms with Crippen molar-refractivity contribution in [1.29, 1.82) is 0 Å². The molecule has 0 spiro atoms. The molecular weight excluding hydrogens is 366 g/mol. The van der Waals surface area contributed by atoms with Crippen LogP contribution in [0, 0.1) is 6.92 Å². The maximum absolute atomic E-state index is 12.1. The summed E-state index contributed by atoms with van der Waals surface area (Å²) in [7, 11) is -3.52. The Hall–Kier alpha value is -1.66. The summed E-state index contributed by atoms with van der Waals surface area (Å²) in [6.07, 6.45) is 0. The lowest BCUT2D eigenvalue weighted by Crippen LogP contribution is -2.24. The van der Waals surface area contributed by atoms with Gasteiger partial charge in [-0.15, -0.1) is 0 Å². The number of benzene rings is 2. The Morgan fingerprint density at radius 1 is 1.14 bits per heavy atom. The monoisotopic (exact) mass is 381 g/mol. The quantitative estimate of drug-likeness (QED) is 0.863. The van der Waals surface area contributed by atoms with E-state index in [0.717, 1.165) is 10.0 Å². The molecule has 0 radical (unpaired) electrons. The highest BCUT2D eigenvalue weighted by Gasteiger charge is 2.18. The van der Waals surface area contributed by atoms with Gasteiger partial charge < -0.3 is 5.32 Å². The Morgan fingerprint density at radius 3 is 2.55 bits per heavy atom. The SMILES string of the molecule is Cc1ccccc1NC(=O)CS(=O)(=O)Cc1cccc(Br)c1. The van der Waals surface area contributed by atoms with Crippen molar-refractivity contribution >= 4 is 37.4 Å². The van der Waals surface area contributed by atoms with Crippen LogP contribution < -0.4 is 5.32 Å². The van der Waals surface area contributed by atoms with Crippen LogP contribution in [0.1, 0.15) is 11.1 Å². The van der Waals surface area contributed by atoms with E-state index in [4.69, 9.17) is 0 Å². The third kappa shape index (κ3) is 4.96. The van der Waals surface area contributed by atoms with Crippen molar-refractivity contribution in [3.8, 4) is 0 Å². The number of hydrogen-bond donors (Lipinski definition) is 1. The standard InChI is InChI=1S/C16H16BrNO3S/c1-12-5-2-3-8-15(12)18-16(19)11-22(20,21)10-13-6-4-7-14(17)9-13/h2-9H,10-11H2,1H3,(H,18,19). The van der Waals surface area contributed by atoms with Crippen molar-refractivity contribution in [2.45, 2.75) is 12.7 Å². The van der Waals surface area contributed by atoms with E-state index in [2.05, 4.69) is 21.2 Å². The van der Waals surface area contributed by atoms with E-state index in [9.17, 15) is 13.2 Å². The number of anilines is 1. The molecule has 1 N–H and O–H groups in total. The number of hydrogen-bond acceptors (Lipinski definition) is 3. The Bertz CT molecular complexity index is 787. The molecule has 116 valence electrons. The summed E-state index contributed by atoms with van der Waals surface area (Å²) in [6.45, 7) is 1.85. The predicted octanol–water partition coefficient (Wildman–Crippen LogP) is 3.31. The number of carbonyl (C=O) groups is 1. The molecule has 4 nitrogen and oxygen atoms in total. The van der Waals surface area contributed by atoms with Crippen molar-refractivity contribution in [2.24, 2.45) is 0 Å². The zero-order valence-electron chi connectivity index (χ0n) is 12.0. The summed E-state index contributed by atoms with van der Waals surface area (Å²) in [6, 6.07) is 14.3. The second-order valence-electron chi connectivity index (χ2n) is 5.03. The van der Waals surface area contributed by atoms with Crippen LogP contribution in [0.5, 0.6) is 0 Å². The van der Waals surface area contributed by atoms with Crippen LogP contribution in [0.15, 0.2) is 53.0 Å². The Labute approximate surface area is 138 Å². The number of rotatable bonds is 5. The van der Waals surface area contributed by atoms with Crippen LogP contribution in [0.3, 0.4) is 0 Å². The van der Waals surface area contributed by atoms with Gasteiger partial charge in [-0.25, -0.2) is 8.42 Å². The van der Waals surface area contributed by atoms with Crippen LogP contribution in [0.2, 0.25) is 0 Å². The minimum absolute atomic E-state index is 0.159. The maximum Gasteiger partial charge on any atom is 0.239 e. The molecule has 0 aliphatic carbocycles. The lowest BCUT2D eigenvalue weighted by molar-refractivity contribution is -0.113. The lowest BCUT2D eigenvalue weighted by atomic mass is 10.2. The molecular formula is C16H16BrNO3S. The van der Waals surface area contributed by atoms with Gasteiger partial charge in [0.1, 0.15) is 5.75 Å². The highest BCUT2D eigenvalue weighted by atomic mass is 79.9. The van der Waals surface area contributed by atoms with Crippen LogP contribution in [-0.2, 0) is 20.4 Å². The van der Waals surface area contributed by atoms with Gasteiger partial charge in [-0.2, -0.15) is 0 Å². The van der Waals surface area contributed by atoms with Gasteiger partial charge in [0.15, 0.2) is 9.84 Å². The van der Waals surface area contributed by atoms with E-state index in [1.807, 2.05) is 25.1 Å². The number of carbonyl (C=O) groups excluding carboxylic acids is 1. The van der Waals surface area contributed by atoms with Gasteiger partial charge in [0.2, 0.25) is 5.91 Å². The van der Waals surface area contributed by atoms with Crippen molar-refractivity contribution < 1.29 is 13.2 Å². The number of aryl methyl sites for hydroxylation is 1. The second kappa shape index (κ2) is 7.07. The van der Waals surface area contributed by atoms with Crippen molar-refractivity contribution in [3.05, 3.63) is 64.1 Å². The third-order valence-corrected chi connectivity index (χ3v) is 5.01. The smallest absolute Gasteiger partial charge is 0.239 e. The molecule has 0 bridgehead atoms. The topological polar surface area (TPSA) is 63.2 Å². The van der Waals surface area contributed by atoms with Crippen molar-refractivity contribution in [1.82, 2.24) is 0 Å². The summed E-state index contributed by atoms with van der Waals surface area (Å²) in [4.78, 5) is 11.9. The zero-order chi connectivity index (χ0) is 16.2. The average Bonchev–Trinajstić information content (AvgIpc) is 2.40. The van der Waals surface area contributed by atoms with Gasteiger partial charge in [0, 0.05) is 10.2 Å². The molecule has 1 amide bonds. The second-order valence-corrected chi connectivity index (χ2v) is 8.01. The van der Waals surface area contributed by atoms with E-state index in [0.29, 0.717) is 11.3 Å². The van der Waals surface area contributed by atoms with Gasteiger partial charge in [-0.1, -0.05) is 46.3 Å². The molecule has 0 saturated heterocycles. The summed E-state index contributed by atoms with van der Waals surface area (Å²) in [5.74, 6) is -1.22. The molecule has 2 rings (SSSR count). The van der Waals surface area contributed by atoms with Gasteiger partial charge in [-0.3, -0.25) is 4.79 Å². The number of sulfone groups is 1. The van der Waals surface area contributed by atoms with E-state index >= 15 is 0 Å². The number of halogens is 1. The Morgan fingerprint density at radius 2 is 1.86 bits per heavy atom. The van der Waals surface area contributed by atoms with Crippen LogP contribution >= 0.6 is 15.9 Å². The van der Waals surface area contributed by atoms with Gasteiger partial charge in [-0.05, 0) is 36.2 Å². The Kier molecular flexibility index (Phi) is 5.37. The molecule has 0 heterocycles. The summed E-state index contributed by atoms with van der Waals surface area (Å²) < 4.78 is 25.1. The minimum Gasteiger partial charge on any atom is -0.325 e. The van der Waals surface area contributed by atoms with Crippen molar-refractivity contribution in [2.75, 3.05) is 11.1 Å². The highest BCUT2D eigenvalue weighted by Crippen LogP contribution is 2.16. The molecule has 22 heavy (non-hydrogen) atoms. The van der Waals surface area contributed by atoms with Crippen LogP contribution in [-0.4, -0.2) is 20.1 Å². The van der Waals surface area contributed by atoms with Gasteiger partial charge in [0.05, 0.1) is 5.75 Å². The molecule has 0 atom stereocenters. The molecule has 0 aliphatic rings. The molecule has 0 aliphatic heterocycles. The first-order valence-corrected chi connectivity index (χ1v) is 9.27. The Balaban J connectivity index is 2.02. The van der Waals surface area contributed by atoms with Gasteiger partial charge in [0.25, 0.3) is 0 Å². The van der Waals surface area contributed by atoms with E-state index in [1.165, 1.54) is 0 Å². The molecule has 0 fully saturated rings. The highest BCUT2D eigenvalue weighted by molar-refractivity contribution is 9.10. The fourth-order valence-corrected chi connectivity index (χ4v) is 3.74. The minimum atomic E-state index is -3.52. The fourth-order valence-electron chi connectivity index (χ4n) is 2.03. The van der Waals surface area contributed by atoms with Crippen LogP contribution in [0.4, 0.5) is 5.69 Å². The number of nitrogens with one attached hydrogen (secondary N) is 1. The number of amides is 1. The zero-order valence-corrected chi connectivity index (χ0v) is 14.4. The van der Waals surface area contributed by atoms with Crippen LogP contribution in [0.25, 0.3) is 0 Å². The van der Waals surface area contributed by atoms with Gasteiger partial charge >= 0.3 is 0 Å². The average molecular weight is 382 g/mol. The number of para-hydroxylation sites is 1. The first-order valence-electron chi connectivity index (χ1n) is 6.66. The normalized spacial score (nSPS) is 11.2. The van der Waals surface area contributed by atoms with E-state index < -0.39 is 21.5 Å². The first kappa shape index (κ1) is 16.7. The molecule has 0 aromatic heterocycles. The lowest BCUT2D eigenvalue weighted by Gasteiger charge is -2.09. The molecule has 2 aromatic carbocycles. The fraction of sp³-hybridized carbons (Fsp3) is 0.188. The maximum atomic E-state index is 12.1. The van der Waals surface area contributed by atoms with E-state index in [1.54, 1.807) is 30.3 Å². The van der Waals surface area contributed by atoms with E-state index in [-0.39, 0.29) is 5.75 Å². The molecule has 2 aromatic rings. The molecule has 6 heteroatoms. The summed E-state index contributed by atoms with van der Waals surface area (Å²) in [5, 5.41) is 2.64. The first-order chi connectivity index (χ1) is 10.4. The summed E-state index contributed by atoms with van der Waals surface area (Å²) in [5.41, 5.74) is 2.17. The summed E-state index contributed by atoms with van der Waals surface area (Å²) >= 11 is 3.30. The molecule has 0 unspecified atom stereocenters. The largest absolute Gasteiger partial charge is 0.325 e. The predicted molar refractivity (Wildman–Crippen MR) is 91.4 cm³/mol. The van der Waals surface area contributed by atoms with Crippen molar-refractivity contribution in [3.63, 3.8) is 0 Å². The third-order valence-electron chi connectivity index (χ3n) is 3.05. The molecule has 0 saturated carbocycles.